The molecule has 1 atom stereocenters. The van der Waals surface area contributed by atoms with E-state index in [-0.39, 0.29) is 0 Å². The van der Waals surface area contributed by atoms with Crippen LogP contribution in [0.25, 0.3) is 0 Å². The fourth-order valence-electron chi connectivity index (χ4n) is 3.71. The lowest BCUT2D eigenvalue weighted by atomic mass is 9.92. The van der Waals surface area contributed by atoms with Gasteiger partial charge in [-0.15, -0.1) is 0 Å². The van der Waals surface area contributed by atoms with Crippen LogP contribution in [0.3, 0.4) is 0 Å². The topological polar surface area (TPSA) is 43.0 Å². The molecule has 2 aliphatic rings. The Morgan fingerprint density at radius 2 is 1.73 bits per heavy atom. The summed E-state index contributed by atoms with van der Waals surface area (Å²) < 4.78 is 16.7. The van der Waals surface area contributed by atoms with Gasteiger partial charge in [-0.1, -0.05) is 6.42 Å². The van der Waals surface area contributed by atoms with Crippen molar-refractivity contribution >= 4 is 0 Å². The Morgan fingerprint density at radius 1 is 1.00 bits per heavy atom. The van der Waals surface area contributed by atoms with Gasteiger partial charge in [-0.2, -0.15) is 0 Å². The molecule has 3 rings (SSSR count). The summed E-state index contributed by atoms with van der Waals surface area (Å²) >= 11 is 0. The van der Waals surface area contributed by atoms with Crippen LogP contribution in [0.4, 0.5) is 0 Å². The van der Waals surface area contributed by atoms with Crippen LogP contribution in [0, 0.1) is 0 Å². The molecule has 0 spiro atoms. The van der Waals surface area contributed by atoms with Crippen molar-refractivity contribution in [3.63, 3.8) is 0 Å². The van der Waals surface area contributed by atoms with Crippen molar-refractivity contribution in [3.05, 3.63) is 17.2 Å². The van der Waals surface area contributed by atoms with E-state index in [4.69, 9.17) is 14.2 Å². The summed E-state index contributed by atoms with van der Waals surface area (Å²) in [5, 5.41) is 3.53. The summed E-state index contributed by atoms with van der Waals surface area (Å²) in [6, 6.07) is 2.52. The average Bonchev–Trinajstić information content (AvgIpc) is 2.60. The molecule has 0 radical (unpaired) electrons. The third-order valence-electron chi connectivity index (χ3n) is 4.80. The molecule has 5 nitrogen and oxygen atoms in total. The molecule has 122 valence electrons. The number of rotatable bonds is 4. The van der Waals surface area contributed by atoms with E-state index in [1.165, 1.54) is 43.5 Å². The van der Waals surface area contributed by atoms with Crippen LogP contribution in [0.2, 0.25) is 0 Å². The van der Waals surface area contributed by atoms with Gasteiger partial charge in [0.2, 0.25) is 5.75 Å². The van der Waals surface area contributed by atoms with Gasteiger partial charge in [0.25, 0.3) is 0 Å². The Balaban J connectivity index is 2.05. The molecule has 5 heteroatoms. The lowest BCUT2D eigenvalue weighted by Gasteiger charge is -2.39. The fraction of sp³-hybridized carbons (Fsp3) is 0.647. The first kappa shape index (κ1) is 15.4. The molecule has 1 N–H and O–H groups in total. The second-order valence-corrected chi connectivity index (χ2v) is 5.96. The molecule has 2 aliphatic heterocycles. The number of fused-ring (bicyclic) bond motifs is 1. The van der Waals surface area contributed by atoms with Gasteiger partial charge < -0.3 is 19.5 Å². The van der Waals surface area contributed by atoms with Gasteiger partial charge >= 0.3 is 0 Å². The van der Waals surface area contributed by atoms with E-state index in [2.05, 4.69) is 16.3 Å². The van der Waals surface area contributed by atoms with E-state index >= 15 is 0 Å². The quantitative estimate of drug-likeness (QED) is 0.925. The summed E-state index contributed by atoms with van der Waals surface area (Å²) in [6.07, 6.45) is 3.92. The molecule has 0 aromatic heterocycles. The van der Waals surface area contributed by atoms with Crippen molar-refractivity contribution < 1.29 is 14.2 Å². The van der Waals surface area contributed by atoms with Crippen LogP contribution < -0.4 is 19.5 Å². The van der Waals surface area contributed by atoms with Crippen molar-refractivity contribution in [2.45, 2.75) is 31.8 Å². The molecular formula is C17H26N2O3. The minimum atomic E-state index is 0.387. The second-order valence-electron chi connectivity index (χ2n) is 5.96. The van der Waals surface area contributed by atoms with E-state index in [1.54, 1.807) is 21.3 Å². The van der Waals surface area contributed by atoms with Gasteiger partial charge in [0.15, 0.2) is 11.5 Å². The molecule has 0 amide bonds. The van der Waals surface area contributed by atoms with Crippen molar-refractivity contribution in [3.8, 4) is 17.2 Å². The number of hydrogen-bond donors (Lipinski definition) is 1. The van der Waals surface area contributed by atoms with Gasteiger partial charge in [0, 0.05) is 24.7 Å². The van der Waals surface area contributed by atoms with E-state index in [1.807, 2.05) is 0 Å². The minimum Gasteiger partial charge on any atom is -0.493 e. The lowest BCUT2D eigenvalue weighted by molar-refractivity contribution is 0.153. The highest BCUT2D eigenvalue weighted by molar-refractivity contribution is 5.60. The van der Waals surface area contributed by atoms with Gasteiger partial charge in [-0.3, -0.25) is 4.90 Å². The monoisotopic (exact) mass is 306 g/mol. The lowest BCUT2D eigenvalue weighted by Crippen LogP contribution is -2.42. The summed E-state index contributed by atoms with van der Waals surface area (Å²) in [6.45, 7) is 4.12. The molecule has 22 heavy (non-hydrogen) atoms. The third-order valence-corrected chi connectivity index (χ3v) is 4.80. The van der Waals surface area contributed by atoms with Crippen LogP contribution in [0.15, 0.2) is 6.07 Å². The van der Waals surface area contributed by atoms with Crippen LogP contribution in [-0.4, -0.2) is 45.9 Å². The van der Waals surface area contributed by atoms with E-state index in [0.29, 0.717) is 11.8 Å². The number of methoxy groups -OCH3 is 3. The largest absolute Gasteiger partial charge is 0.493 e. The third kappa shape index (κ3) is 2.63. The molecule has 1 aromatic carbocycles. The van der Waals surface area contributed by atoms with Crippen molar-refractivity contribution in [2.75, 3.05) is 41.0 Å². The van der Waals surface area contributed by atoms with Crippen molar-refractivity contribution in [1.82, 2.24) is 10.2 Å². The van der Waals surface area contributed by atoms with E-state index in [0.717, 1.165) is 24.6 Å². The predicted molar refractivity (Wildman–Crippen MR) is 86.0 cm³/mol. The van der Waals surface area contributed by atoms with Gasteiger partial charge in [-0.25, -0.2) is 0 Å². The van der Waals surface area contributed by atoms with Gasteiger partial charge in [-0.05, 0) is 37.6 Å². The van der Waals surface area contributed by atoms with Crippen LogP contribution in [-0.2, 0) is 6.54 Å². The summed E-state index contributed by atoms with van der Waals surface area (Å²) in [7, 11) is 5.04. The SMILES string of the molecule is COc1cc2c(c(OC)c1OC)CNC[C@H]2N1CCCCC1. The van der Waals surface area contributed by atoms with Gasteiger partial charge in [0.05, 0.1) is 21.3 Å². The fourth-order valence-corrected chi connectivity index (χ4v) is 3.71. The number of piperidine rings is 1. The Morgan fingerprint density at radius 3 is 2.36 bits per heavy atom. The highest BCUT2D eigenvalue weighted by atomic mass is 16.5. The van der Waals surface area contributed by atoms with Crippen LogP contribution >= 0.6 is 0 Å². The zero-order valence-electron chi connectivity index (χ0n) is 13.8. The predicted octanol–water partition coefficient (Wildman–Crippen LogP) is 2.34. The maximum Gasteiger partial charge on any atom is 0.203 e. The molecule has 0 unspecified atom stereocenters. The molecule has 0 saturated carbocycles. The molecule has 1 aromatic rings. The normalized spacial score (nSPS) is 22.0. The summed E-state index contributed by atoms with van der Waals surface area (Å²) in [5.41, 5.74) is 2.51. The molecule has 2 heterocycles. The van der Waals surface area contributed by atoms with Gasteiger partial charge in [0.1, 0.15) is 0 Å². The molecule has 1 fully saturated rings. The molecular weight excluding hydrogens is 280 g/mol. The zero-order chi connectivity index (χ0) is 15.5. The highest BCUT2D eigenvalue weighted by Crippen LogP contribution is 2.45. The Bertz CT molecular complexity index is 527. The number of ether oxygens (including phenoxy) is 3. The zero-order valence-corrected chi connectivity index (χ0v) is 13.8. The second kappa shape index (κ2) is 6.75. The maximum absolute atomic E-state index is 5.65. The van der Waals surface area contributed by atoms with Crippen molar-refractivity contribution in [2.24, 2.45) is 0 Å². The molecule has 0 bridgehead atoms. The first-order chi connectivity index (χ1) is 10.8. The van der Waals surface area contributed by atoms with E-state index < -0.39 is 0 Å². The smallest absolute Gasteiger partial charge is 0.203 e. The standard InChI is InChI=1S/C17H26N2O3/c1-20-15-9-12-13(16(21-2)17(15)22-3)10-18-11-14(12)19-7-5-4-6-8-19/h9,14,18H,4-8,10-11H2,1-3H3/t14-/m1/s1. The maximum atomic E-state index is 5.65. The highest BCUT2D eigenvalue weighted by Gasteiger charge is 2.31. The van der Waals surface area contributed by atoms with Crippen LogP contribution in [0.5, 0.6) is 17.2 Å². The number of nitrogens with zero attached hydrogens (tertiary/aromatic N) is 1. The molecule has 0 aliphatic carbocycles. The Hall–Kier alpha value is -1.46. The minimum absolute atomic E-state index is 0.387. The Labute approximate surface area is 132 Å². The summed E-state index contributed by atoms with van der Waals surface area (Å²) in [5.74, 6) is 2.23. The number of benzene rings is 1. The molecule has 1 saturated heterocycles. The first-order valence-electron chi connectivity index (χ1n) is 8.06. The number of likely N-dealkylation sites (tertiary alicyclic amines) is 1. The first-order valence-corrected chi connectivity index (χ1v) is 8.06. The number of nitrogens with one attached hydrogen (secondary N) is 1. The average molecular weight is 306 g/mol. The number of hydrogen-bond acceptors (Lipinski definition) is 5. The summed E-state index contributed by atoms with van der Waals surface area (Å²) in [4.78, 5) is 2.58. The van der Waals surface area contributed by atoms with Crippen LogP contribution in [0.1, 0.15) is 36.4 Å². The van der Waals surface area contributed by atoms with Crippen molar-refractivity contribution in [1.29, 1.82) is 0 Å². The Kier molecular flexibility index (Phi) is 4.74. The van der Waals surface area contributed by atoms with E-state index in [9.17, 15) is 0 Å².